The van der Waals surface area contributed by atoms with Gasteiger partial charge in [0.2, 0.25) is 5.91 Å². The second kappa shape index (κ2) is 5.75. The Balaban J connectivity index is 1.88. The summed E-state index contributed by atoms with van der Waals surface area (Å²) in [5, 5.41) is 8.74. The van der Waals surface area contributed by atoms with Gasteiger partial charge in [-0.1, -0.05) is 0 Å². The third-order valence-electron chi connectivity index (χ3n) is 3.31. The lowest BCUT2D eigenvalue weighted by Crippen LogP contribution is -2.38. The standard InChI is InChI=1S/C12H16N4O3/c13-11(17)8-1-3-16(4-2-8)7-10-14-5-9(6-15-10)12(18)19/h5-6,8H,1-4,7H2,(H2,13,17)(H,18,19). The van der Waals surface area contributed by atoms with Crippen LogP contribution < -0.4 is 5.73 Å². The van der Waals surface area contributed by atoms with Gasteiger partial charge in [-0.05, 0) is 25.9 Å². The molecule has 0 aromatic carbocycles. The van der Waals surface area contributed by atoms with E-state index in [1.165, 1.54) is 12.4 Å². The van der Waals surface area contributed by atoms with Crippen molar-refractivity contribution in [2.75, 3.05) is 13.1 Å². The minimum Gasteiger partial charge on any atom is -0.478 e. The predicted molar refractivity (Wildman–Crippen MR) is 66.2 cm³/mol. The maximum absolute atomic E-state index is 11.0. The maximum atomic E-state index is 11.0. The second-order valence-electron chi connectivity index (χ2n) is 4.65. The van der Waals surface area contributed by atoms with Gasteiger partial charge in [-0.3, -0.25) is 9.69 Å². The minimum absolute atomic E-state index is 0.0356. The number of hydrogen-bond donors (Lipinski definition) is 2. The number of amides is 1. The number of rotatable bonds is 4. The Morgan fingerprint density at radius 1 is 1.32 bits per heavy atom. The molecular formula is C12H16N4O3. The first-order valence-electron chi connectivity index (χ1n) is 6.12. The van der Waals surface area contributed by atoms with Crippen molar-refractivity contribution in [3.8, 4) is 0 Å². The molecule has 1 aliphatic heterocycles. The van der Waals surface area contributed by atoms with Crippen molar-refractivity contribution >= 4 is 11.9 Å². The molecule has 102 valence electrons. The third kappa shape index (κ3) is 3.47. The van der Waals surface area contributed by atoms with Crippen molar-refractivity contribution in [1.82, 2.24) is 14.9 Å². The van der Waals surface area contributed by atoms with Gasteiger partial charge in [0.25, 0.3) is 0 Å². The first-order chi connectivity index (χ1) is 9.06. The molecule has 1 aromatic rings. The van der Waals surface area contributed by atoms with Crippen LogP contribution in [0.15, 0.2) is 12.4 Å². The molecule has 0 unspecified atom stereocenters. The molecule has 7 heteroatoms. The van der Waals surface area contributed by atoms with E-state index in [9.17, 15) is 9.59 Å². The van der Waals surface area contributed by atoms with E-state index in [2.05, 4.69) is 14.9 Å². The van der Waals surface area contributed by atoms with Gasteiger partial charge >= 0.3 is 5.97 Å². The van der Waals surface area contributed by atoms with Crippen LogP contribution in [-0.2, 0) is 11.3 Å². The highest BCUT2D eigenvalue weighted by Gasteiger charge is 2.23. The number of nitrogens with zero attached hydrogens (tertiary/aromatic N) is 3. The highest BCUT2D eigenvalue weighted by Crippen LogP contribution is 2.17. The average Bonchev–Trinajstić information content (AvgIpc) is 2.40. The summed E-state index contributed by atoms with van der Waals surface area (Å²) >= 11 is 0. The molecule has 0 aliphatic carbocycles. The summed E-state index contributed by atoms with van der Waals surface area (Å²) in [6, 6.07) is 0. The van der Waals surface area contributed by atoms with Gasteiger partial charge in [-0.15, -0.1) is 0 Å². The number of aromatic nitrogens is 2. The van der Waals surface area contributed by atoms with Gasteiger partial charge in [-0.25, -0.2) is 14.8 Å². The van der Waals surface area contributed by atoms with E-state index >= 15 is 0 Å². The van der Waals surface area contributed by atoms with Crippen LogP contribution in [-0.4, -0.2) is 44.9 Å². The zero-order valence-corrected chi connectivity index (χ0v) is 10.5. The topological polar surface area (TPSA) is 109 Å². The van der Waals surface area contributed by atoms with Crippen LogP contribution in [0, 0.1) is 5.92 Å². The van der Waals surface area contributed by atoms with E-state index in [-0.39, 0.29) is 17.4 Å². The van der Waals surface area contributed by atoms with Crippen LogP contribution in [0.25, 0.3) is 0 Å². The molecular weight excluding hydrogens is 248 g/mol. The number of carboxylic acids is 1. The molecule has 1 aromatic heterocycles. The zero-order chi connectivity index (χ0) is 13.8. The van der Waals surface area contributed by atoms with Crippen molar-refractivity contribution in [1.29, 1.82) is 0 Å². The molecule has 19 heavy (non-hydrogen) atoms. The van der Waals surface area contributed by atoms with Crippen molar-refractivity contribution in [2.45, 2.75) is 19.4 Å². The molecule has 0 bridgehead atoms. The van der Waals surface area contributed by atoms with Crippen molar-refractivity contribution in [3.05, 3.63) is 23.8 Å². The number of carbonyl (C=O) groups is 2. The molecule has 3 N–H and O–H groups in total. The molecule has 1 aliphatic rings. The number of carboxylic acid groups (broad SMARTS) is 1. The van der Waals surface area contributed by atoms with Gasteiger partial charge in [0.1, 0.15) is 5.82 Å². The Hall–Kier alpha value is -2.02. The van der Waals surface area contributed by atoms with Crippen LogP contribution in [0.3, 0.4) is 0 Å². The lowest BCUT2D eigenvalue weighted by molar-refractivity contribution is -0.123. The van der Waals surface area contributed by atoms with Crippen LogP contribution in [0.2, 0.25) is 0 Å². The summed E-state index contributed by atoms with van der Waals surface area (Å²) in [4.78, 5) is 31.9. The molecule has 0 radical (unpaired) electrons. The number of hydrogen-bond acceptors (Lipinski definition) is 5. The highest BCUT2D eigenvalue weighted by molar-refractivity contribution is 5.86. The fourth-order valence-electron chi connectivity index (χ4n) is 2.12. The fourth-order valence-corrected chi connectivity index (χ4v) is 2.12. The van der Waals surface area contributed by atoms with Gasteiger partial charge in [0.05, 0.1) is 12.1 Å². The number of aromatic carboxylic acids is 1. The zero-order valence-electron chi connectivity index (χ0n) is 10.5. The summed E-state index contributed by atoms with van der Waals surface area (Å²) in [6.07, 6.45) is 4.12. The third-order valence-corrected chi connectivity index (χ3v) is 3.31. The number of primary amides is 1. The Morgan fingerprint density at radius 3 is 2.37 bits per heavy atom. The SMILES string of the molecule is NC(=O)C1CCN(Cc2ncc(C(=O)O)cn2)CC1. The Labute approximate surface area is 110 Å². The van der Waals surface area contributed by atoms with Crippen molar-refractivity contribution in [2.24, 2.45) is 11.7 Å². The fraction of sp³-hybridized carbons (Fsp3) is 0.500. The first kappa shape index (κ1) is 13.4. The van der Waals surface area contributed by atoms with Crippen molar-refractivity contribution < 1.29 is 14.7 Å². The van der Waals surface area contributed by atoms with Gasteiger partial charge in [0.15, 0.2) is 0 Å². The van der Waals surface area contributed by atoms with Crippen LogP contribution in [0.1, 0.15) is 29.0 Å². The molecule has 1 fully saturated rings. The number of likely N-dealkylation sites (tertiary alicyclic amines) is 1. The van der Waals surface area contributed by atoms with E-state index in [1.54, 1.807) is 0 Å². The smallest absolute Gasteiger partial charge is 0.338 e. The van der Waals surface area contributed by atoms with Crippen LogP contribution >= 0.6 is 0 Å². The Morgan fingerprint density at radius 2 is 1.89 bits per heavy atom. The lowest BCUT2D eigenvalue weighted by Gasteiger charge is -2.29. The molecule has 1 amide bonds. The Kier molecular flexibility index (Phi) is 4.06. The molecule has 2 rings (SSSR count). The van der Waals surface area contributed by atoms with Gasteiger partial charge < -0.3 is 10.8 Å². The van der Waals surface area contributed by atoms with Crippen LogP contribution in [0.5, 0.6) is 0 Å². The van der Waals surface area contributed by atoms with E-state index < -0.39 is 5.97 Å². The van der Waals surface area contributed by atoms with E-state index in [1.807, 2.05) is 0 Å². The van der Waals surface area contributed by atoms with Gasteiger partial charge in [0, 0.05) is 18.3 Å². The monoisotopic (exact) mass is 264 g/mol. The largest absolute Gasteiger partial charge is 0.478 e. The number of piperidine rings is 1. The van der Waals surface area contributed by atoms with Gasteiger partial charge in [-0.2, -0.15) is 0 Å². The highest BCUT2D eigenvalue weighted by atomic mass is 16.4. The van der Waals surface area contributed by atoms with E-state index in [0.29, 0.717) is 12.4 Å². The second-order valence-corrected chi connectivity index (χ2v) is 4.65. The maximum Gasteiger partial charge on any atom is 0.338 e. The molecule has 1 saturated heterocycles. The molecule has 0 spiro atoms. The number of nitrogens with two attached hydrogens (primary N) is 1. The summed E-state index contributed by atoms with van der Waals surface area (Å²) in [6.45, 7) is 2.11. The van der Waals surface area contributed by atoms with Crippen LogP contribution in [0.4, 0.5) is 0 Å². The summed E-state index contributed by atoms with van der Waals surface area (Å²) in [5.41, 5.74) is 5.35. The Bertz CT molecular complexity index is 466. The summed E-state index contributed by atoms with van der Waals surface area (Å²) in [7, 11) is 0. The predicted octanol–water partition coefficient (Wildman–Crippen LogP) is -0.128. The molecule has 7 nitrogen and oxygen atoms in total. The lowest BCUT2D eigenvalue weighted by atomic mass is 9.96. The quantitative estimate of drug-likeness (QED) is 0.784. The summed E-state index contributed by atoms with van der Waals surface area (Å²) in [5.74, 6) is -0.718. The number of carbonyl (C=O) groups excluding carboxylic acids is 1. The molecule has 2 heterocycles. The molecule has 0 saturated carbocycles. The van der Waals surface area contributed by atoms with Crippen molar-refractivity contribution in [3.63, 3.8) is 0 Å². The summed E-state index contributed by atoms with van der Waals surface area (Å²) < 4.78 is 0. The minimum atomic E-state index is -1.03. The van der Waals surface area contributed by atoms with E-state index in [0.717, 1.165) is 25.9 Å². The van der Waals surface area contributed by atoms with E-state index in [4.69, 9.17) is 10.8 Å². The first-order valence-corrected chi connectivity index (χ1v) is 6.12. The molecule has 0 atom stereocenters. The normalized spacial score (nSPS) is 17.3. The average molecular weight is 264 g/mol.